The van der Waals surface area contributed by atoms with Crippen LogP contribution in [0.4, 0.5) is 0 Å². The van der Waals surface area contributed by atoms with E-state index in [1.54, 1.807) is 27.6 Å². The molecule has 3 aromatic rings. The normalized spacial score (nSPS) is 14.2. The maximum atomic E-state index is 10.6. The summed E-state index contributed by atoms with van der Waals surface area (Å²) in [5, 5.41) is 24.9. The van der Waals surface area contributed by atoms with Gasteiger partial charge in [0.15, 0.2) is 0 Å². The van der Waals surface area contributed by atoms with Crippen molar-refractivity contribution >= 4 is 11.3 Å². The number of hydrogen-bond acceptors (Lipinski definition) is 5. The molecule has 1 N–H and O–H groups in total. The van der Waals surface area contributed by atoms with E-state index in [-0.39, 0.29) is 0 Å². The molecule has 3 rings (SSSR count). The number of aliphatic hydroxyl groups is 1. The second-order valence-corrected chi connectivity index (χ2v) is 6.31. The summed E-state index contributed by atoms with van der Waals surface area (Å²) < 4.78 is 3.52. The van der Waals surface area contributed by atoms with Crippen LogP contribution in [0.3, 0.4) is 0 Å². The summed E-state index contributed by atoms with van der Waals surface area (Å²) in [6, 6.07) is 3.87. The molecular weight excluding hydrogens is 286 g/mol. The second kappa shape index (κ2) is 5.42. The van der Waals surface area contributed by atoms with Crippen LogP contribution in [0, 0.1) is 0 Å². The van der Waals surface area contributed by atoms with Crippen molar-refractivity contribution in [1.82, 2.24) is 24.8 Å². The SMILES string of the molecule is Cn1cc(Cn2cc(CC(C)(O)c3cccs3)nn2)cn1. The smallest absolute Gasteiger partial charge is 0.102 e. The van der Waals surface area contributed by atoms with Gasteiger partial charge < -0.3 is 5.11 Å². The Morgan fingerprint density at radius 3 is 2.90 bits per heavy atom. The predicted molar refractivity (Wildman–Crippen MR) is 79.9 cm³/mol. The highest BCUT2D eigenvalue weighted by Gasteiger charge is 2.26. The minimum atomic E-state index is -0.913. The molecule has 1 atom stereocenters. The number of thiophene rings is 1. The predicted octanol–water partition coefficient (Wildman–Crippen LogP) is 1.57. The molecule has 0 saturated heterocycles. The van der Waals surface area contributed by atoms with Gasteiger partial charge in [0, 0.05) is 36.3 Å². The monoisotopic (exact) mass is 303 g/mol. The highest BCUT2D eigenvalue weighted by molar-refractivity contribution is 7.10. The first-order chi connectivity index (χ1) is 10.0. The van der Waals surface area contributed by atoms with Crippen LogP contribution < -0.4 is 0 Å². The zero-order valence-corrected chi connectivity index (χ0v) is 12.8. The van der Waals surface area contributed by atoms with E-state index in [0.29, 0.717) is 13.0 Å². The van der Waals surface area contributed by atoms with Gasteiger partial charge in [-0.2, -0.15) is 5.10 Å². The van der Waals surface area contributed by atoms with E-state index in [1.807, 2.05) is 43.2 Å². The zero-order chi connectivity index (χ0) is 14.9. The van der Waals surface area contributed by atoms with Gasteiger partial charge in [0.05, 0.1) is 18.4 Å². The van der Waals surface area contributed by atoms with Crippen LogP contribution in [0.1, 0.15) is 23.1 Å². The van der Waals surface area contributed by atoms with Crippen LogP contribution in [-0.2, 0) is 25.6 Å². The summed E-state index contributed by atoms with van der Waals surface area (Å²) >= 11 is 1.55. The van der Waals surface area contributed by atoms with Crippen LogP contribution in [0.15, 0.2) is 36.1 Å². The Morgan fingerprint density at radius 2 is 2.24 bits per heavy atom. The molecule has 7 heteroatoms. The van der Waals surface area contributed by atoms with Crippen molar-refractivity contribution in [2.75, 3.05) is 0 Å². The molecule has 0 aromatic carbocycles. The molecule has 0 spiro atoms. The van der Waals surface area contributed by atoms with Gasteiger partial charge in [-0.1, -0.05) is 11.3 Å². The fourth-order valence-corrected chi connectivity index (χ4v) is 3.05. The van der Waals surface area contributed by atoms with E-state index in [4.69, 9.17) is 0 Å². The molecule has 3 aromatic heterocycles. The van der Waals surface area contributed by atoms with E-state index >= 15 is 0 Å². The lowest BCUT2D eigenvalue weighted by Gasteiger charge is -2.20. The highest BCUT2D eigenvalue weighted by Crippen LogP contribution is 2.28. The quantitative estimate of drug-likeness (QED) is 0.777. The number of aromatic nitrogens is 5. The average Bonchev–Trinajstić information content (AvgIpc) is 3.12. The minimum absolute atomic E-state index is 0.445. The Labute approximate surface area is 126 Å². The van der Waals surface area contributed by atoms with E-state index < -0.39 is 5.60 Å². The van der Waals surface area contributed by atoms with Crippen LogP contribution >= 0.6 is 11.3 Å². The molecule has 0 aliphatic rings. The second-order valence-electron chi connectivity index (χ2n) is 5.36. The van der Waals surface area contributed by atoms with Crippen molar-refractivity contribution in [1.29, 1.82) is 0 Å². The van der Waals surface area contributed by atoms with Crippen molar-refractivity contribution in [2.24, 2.45) is 7.05 Å². The standard InChI is InChI=1S/C14H17N5OS/c1-14(20,13-4-3-5-21-13)6-12-10-19(17-16-12)9-11-7-15-18(2)8-11/h3-5,7-8,10,20H,6,9H2,1-2H3. The third-order valence-corrected chi connectivity index (χ3v) is 4.39. The molecule has 0 aliphatic carbocycles. The van der Waals surface area contributed by atoms with E-state index in [1.165, 1.54) is 0 Å². The van der Waals surface area contributed by atoms with Gasteiger partial charge in [0.2, 0.25) is 0 Å². The Hall–Kier alpha value is -1.99. The first-order valence-electron chi connectivity index (χ1n) is 6.66. The van der Waals surface area contributed by atoms with E-state index in [9.17, 15) is 5.11 Å². The van der Waals surface area contributed by atoms with Crippen molar-refractivity contribution in [3.63, 3.8) is 0 Å². The highest BCUT2D eigenvalue weighted by atomic mass is 32.1. The van der Waals surface area contributed by atoms with Crippen LogP contribution in [0.25, 0.3) is 0 Å². The average molecular weight is 303 g/mol. The zero-order valence-electron chi connectivity index (χ0n) is 12.0. The number of aryl methyl sites for hydroxylation is 1. The van der Waals surface area contributed by atoms with Crippen molar-refractivity contribution in [3.8, 4) is 0 Å². The van der Waals surface area contributed by atoms with Crippen LogP contribution in [-0.4, -0.2) is 29.9 Å². The van der Waals surface area contributed by atoms with Crippen LogP contribution in [0.2, 0.25) is 0 Å². The molecule has 0 aliphatic heterocycles. The molecule has 110 valence electrons. The number of nitrogens with zero attached hydrogens (tertiary/aromatic N) is 5. The Morgan fingerprint density at radius 1 is 1.38 bits per heavy atom. The van der Waals surface area contributed by atoms with Gasteiger partial charge in [-0.3, -0.25) is 4.68 Å². The van der Waals surface area contributed by atoms with Gasteiger partial charge >= 0.3 is 0 Å². The summed E-state index contributed by atoms with van der Waals surface area (Å²) in [7, 11) is 1.88. The first-order valence-corrected chi connectivity index (χ1v) is 7.54. The van der Waals surface area contributed by atoms with Gasteiger partial charge in [0.1, 0.15) is 5.60 Å². The van der Waals surface area contributed by atoms with Gasteiger partial charge in [-0.25, -0.2) is 4.68 Å². The topological polar surface area (TPSA) is 68.8 Å². The third kappa shape index (κ3) is 3.20. The molecule has 21 heavy (non-hydrogen) atoms. The molecule has 3 heterocycles. The number of rotatable bonds is 5. The lowest BCUT2D eigenvalue weighted by atomic mass is 9.99. The first kappa shape index (κ1) is 14.0. The maximum Gasteiger partial charge on any atom is 0.102 e. The summed E-state index contributed by atoms with van der Waals surface area (Å²) in [5.74, 6) is 0. The van der Waals surface area contributed by atoms with Gasteiger partial charge in [0.25, 0.3) is 0 Å². The molecule has 6 nitrogen and oxygen atoms in total. The van der Waals surface area contributed by atoms with Crippen molar-refractivity contribution < 1.29 is 5.11 Å². The lowest BCUT2D eigenvalue weighted by molar-refractivity contribution is 0.0604. The minimum Gasteiger partial charge on any atom is -0.384 e. The lowest BCUT2D eigenvalue weighted by Crippen LogP contribution is -2.23. The van der Waals surface area contributed by atoms with Gasteiger partial charge in [-0.05, 0) is 18.4 Å². The summed E-state index contributed by atoms with van der Waals surface area (Å²) in [6.45, 7) is 2.43. The molecule has 1 unspecified atom stereocenters. The Kier molecular flexibility index (Phi) is 3.60. The molecule has 0 radical (unpaired) electrons. The van der Waals surface area contributed by atoms with Gasteiger partial charge in [-0.15, -0.1) is 16.4 Å². The summed E-state index contributed by atoms with van der Waals surface area (Å²) in [5.41, 5.74) is 0.930. The number of hydrogen-bond donors (Lipinski definition) is 1. The molecule has 0 bridgehead atoms. The largest absolute Gasteiger partial charge is 0.384 e. The molecule has 0 amide bonds. The van der Waals surface area contributed by atoms with Crippen molar-refractivity contribution in [3.05, 3.63) is 52.2 Å². The van der Waals surface area contributed by atoms with Crippen LogP contribution in [0.5, 0.6) is 0 Å². The summed E-state index contributed by atoms with van der Waals surface area (Å²) in [4.78, 5) is 0.935. The molecular formula is C14H17N5OS. The summed E-state index contributed by atoms with van der Waals surface area (Å²) in [6.07, 6.45) is 6.07. The Balaban J connectivity index is 1.70. The third-order valence-electron chi connectivity index (χ3n) is 3.27. The maximum absolute atomic E-state index is 10.6. The van der Waals surface area contributed by atoms with E-state index in [2.05, 4.69) is 15.4 Å². The fraction of sp³-hybridized carbons (Fsp3) is 0.357. The Bertz CT molecular complexity index is 713. The fourth-order valence-electron chi connectivity index (χ4n) is 2.26. The molecule has 0 saturated carbocycles. The van der Waals surface area contributed by atoms with E-state index in [0.717, 1.165) is 16.1 Å². The van der Waals surface area contributed by atoms with Crippen molar-refractivity contribution in [2.45, 2.75) is 25.5 Å². The molecule has 0 fully saturated rings.